The Morgan fingerprint density at radius 1 is 1.20 bits per heavy atom. The van der Waals surface area contributed by atoms with E-state index < -0.39 is 42.9 Å². The number of hydrogen-bond donors (Lipinski definition) is 4. The predicted molar refractivity (Wildman–Crippen MR) is 44.3 cm³/mol. The minimum Gasteiger partial charge on any atom is -0.395 e. The van der Waals surface area contributed by atoms with E-state index in [2.05, 4.69) is 0 Å². The van der Waals surface area contributed by atoms with Crippen LogP contribution in [0.2, 0.25) is 0 Å². The van der Waals surface area contributed by atoms with Gasteiger partial charge in [0.1, 0.15) is 18.2 Å². The number of hydrogen-bond acceptors (Lipinski definition) is 5. The quantitative estimate of drug-likeness (QED) is 0.405. The van der Waals surface area contributed by atoms with Gasteiger partial charge in [0.15, 0.2) is 0 Å². The topological polar surface area (TPSA) is 84.2 Å². The molecule has 4 N–H and O–H groups in total. The highest BCUT2D eigenvalue weighted by molar-refractivity contribution is 5.13. The van der Waals surface area contributed by atoms with Crippen LogP contribution in [-0.2, 0) is 0 Å². The fourth-order valence-electron chi connectivity index (χ4n) is 2.44. The minimum atomic E-state index is -3.45. The number of fused-ring (bicyclic) bond motifs is 1. The van der Waals surface area contributed by atoms with Crippen LogP contribution in [0.5, 0.6) is 0 Å². The van der Waals surface area contributed by atoms with Gasteiger partial charge in [-0.1, -0.05) is 0 Å². The molecule has 2 saturated heterocycles. The number of aliphatic hydroxyl groups excluding tert-OH is 4. The molecule has 0 radical (unpaired) electrons. The highest BCUT2D eigenvalue weighted by Gasteiger charge is 2.66. The molecule has 88 valence electrons. The SMILES string of the molecule is OC[C@@H]1[C@@H](O)[C@H](O)[C@@H]2N1C[C@H](O)C2(F)F. The first-order chi connectivity index (χ1) is 6.91. The van der Waals surface area contributed by atoms with Crippen LogP contribution in [0, 0.1) is 0 Å². The maximum absolute atomic E-state index is 13.4. The fourth-order valence-corrected chi connectivity index (χ4v) is 2.44. The first-order valence-corrected chi connectivity index (χ1v) is 4.70. The van der Waals surface area contributed by atoms with Crippen molar-refractivity contribution in [2.45, 2.75) is 36.3 Å². The maximum Gasteiger partial charge on any atom is 0.292 e. The van der Waals surface area contributed by atoms with E-state index in [1.807, 2.05) is 0 Å². The Bertz CT molecular complexity index is 265. The largest absolute Gasteiger partial charge is 0.395 e. The first kappa shape index (κ1) is 11.2. The van der Waals surface area contributed by atoms with E-state index >= 15 is 0 Å². The number of halogens is 2. The summed E-state index contributed by atoms with van der Waals surface area (Å²) in [6, 6.07) is -2.55. The van der Waals surface area contributed by atoms with Crippen molar-refractivity contribution >= 4 is 0 Å². The van der Waals surface area contributed by atoms with Gasteiger partial charge in [0.2, 0.25) is 0 Å². The normalized spacial score (nSPS) is 49.6. The van der Waals surface area contributed by atoms with Gasteiger partial charge in [-0.25, -0.2) is 8.78 Å². The van der Waals surface area contributed by atoms with Crippen LogP contribution >= 0.6 is 0 Å². The van der Waals surface area contributed by atoms with E-state index in [1.54, 1.807) is 0 Å². The number of aliphatic hydroxyl groups is 4. The Balaban J connectivity index is 2.30. The van der Waals surface area contributed by atoms with Crippen LogP contribution < -0.4 is 0 Å². The summed E-state index contributed by atoms with van der Waals surface area (Å²) in [6.07, 6.45) is -4.91. The van der Waals surface area contributed by atoms with Crippen LogP contribution in [0.3, 0.4) is 0 Å². The van der Waals surface area contributed by atoms with Crippen LogP contribution in [0.15, 0.2) is 0 Å². The van der Waals surface area contributed by atoms with Gasteiger partial charge in [-0.3, -0.25) is 4.90 Å². The monoisotopic (exact) mass is 225 g/mol. The van der Waals surface area contributed by atoms with E-state index in [0.717, 1.165) is 4.90 Å². The molecule has 0 saturated carbocycles. The van der Waals surface area contributed by atoms with Crippen LogP contribution in [0.25, 0.3) is 0 Å². The molecule has 5 nitrogen and oxygen atoms in total. The molecule has 0 bridgehead atoms. The molecule has 2 rings (SSSR count). The summed E-state index contributed by atoms with van der Waals surface area (Å²) in [4.78, 5) is 1.07. The Kier molecular flexibility index (Phi) is 2.47. The summed E-state index contributed by atoms with van der Waals surface area (Å²) >= 11 is 0. The van der Waals surface area contributed by atoms with Gasteiger partial charge in [-0.2, -0.15) is 0 Å². The van der Waals surface area contributed by atoms with Crippen molar-refractivity contribution in [2.24, 2.45) is 0 Å². The van der Waals surface area contributed by atoms with Gasteiger partial charge in [-0.15, -0.1) is 0 Å². The molecule has 5 atom stereocenters. The zero-order valence-electron chi connectivity index (χ0n) is 7.79. The van der Waals surface area contributed by atoms with E-state index in [4.69, 9.17) is 10.2 Å². The Morgan fingerprint density at radius 2 is 1.80 bits per heavy atom. The van der Waals surface area contributed by atoms with E-state index in [-0.39, 0.29) is 6.54 Å². The maximum atomic E-state index is 13.4. The average molecular weight is 225 g/mol. The molecule has 2 heterocycles. The van der Waals surface area contributed by atoms with Crippen molar-refractivity contribution in [1.82, 2.24) is 4.90 Å². The molecule has 0 unspecified atom stereocenters. The number of nitrogens with zero attached hydrogens (tertiary/aromatic N) is 1. The third-order valence-corrected chi connectivity index (χ3v) is 3.26. The third kappa shape index (κ3) is 1.31. The van der Waals surface area contributed by atoms with Gasteiger partial charge in [0.05, 0.1) is 18.8 Å². The number of rotatable bonds is 1. The zero-order valence-corrected chi connectivity index (χ0v) is 7.79. The average Bonchev–Trinajstić information content (AvgIpc) is 2.51. The van der Waals surface area contributed by atoms with Gasteiger partial charge in [-0.05, 0) is 0 Å². The second kappa shape index (κ2) is 3.33. The van der Waals surface area contributed by atoms with Crippen LogP contribution in [0.1, 0.15) is 0 Å². The molecule has 0 aliphatic carbocycles. The first-order valence-electron chi connectivity index (χ1n) is 4.70. The summed E-state index contributed by atoms with van der Waals surface area (Å²) < 4.78 is 26.8. The Morgan fingerprint density at radius 3 is 2.33 bits per heavy atom. The molecule has 0 aromatic rings. The van der Waals surface area contributed by atoms with Crippen molar-refractivity contribution in [2.75, 3.05) is 13.2 Å². The van der Waals surface area contributed by atoms with E-state index in [9.17, 15) is 19.0 Å². The summed E-state index contributed by atoms with van der Waals surface area (Å²) in [6.45, 7) is -0.880. The lowest BCUT2D eigenvalue weighted by molar-refractivity contribution is -0.124. The van der Waals surface area contributed by atoms with Gasteiger partial charge < -0.3 is 20.4 Å². The molecule has 0 aromatic carbocycles. The Labute approximate surface area is 84.6 Å². The Hall–Kier alpha value is -0.340. The molecule has 2 fully saturated rings. The lowest BCUT2D eigenvalue weighted by Gasteiger charge is -2.23. The smallest absolute Gasteiger partial charge is 0.292 e. The van der Waals surface area contributed by atoms with Crippen molar-refractivity contribution in [3.05, 3.63) is 0 Å². The molecular weight excluding hydrogens is 212 g/mol. The second-order valence-corrected chi connectivity index (χ2v) is 4.06. The predicted octanol–water partition coefficient (Wildman–Crippen LogP) is -2.24. The standard InChI is InChI=1S/C8H13F2NO4/c9-8(10)4(13)1-11-3(2-12)5(14)6(15)7(8)11/h3-7,12-15H,1-2H2/t3-,4+,5-,6+,7+/m1/s1. The lowest BCUT2D eigenvalue weighted by Crippen LogP contribution is -2.47. The van der Waals surface area contributed by atoms with Gasteiger partial charge >= 0.3 is 0 Å². The van der Waals surface area contributed by atoms with Crippen molar-refractivity contribution in [3.8, 4) is 0 Å². The fraction of sp³-hybridized carbons (Fsp3) is 1.00. The van der Waals surface area contributed by atoms with Crippen molar-refractivity contribution in [3.63, 3.8) is 0 Å². The molecule has 0 amide bonds. The lowest BCUT2D eigenvalue weighted by atomic mass is 10.0. The van der Waals surface area contributed by atoms with Crippen LogP contribution in [0.4, 0.5) is 8.78 Å². The third-order valence-electron chi connectivity index (χ3n) is 3.26. The minimum absolute atomic E-state index is 0.350. The summed E-state index contributed by atoms with van der Waals surface area (Å²) in [5, 5.41) is 36.9. The highest BCUT2D eigenvalue weighted by Crippen LogP contribution is 2.42. The highest BCUT2D eigenvalue weighted by atomic mass is 19.3. The molecule has 15 heavy (non-hydrogen) atoms. The molecule has 0 spiro atoms. The molecule has 0 aromatic heterocycles. The number of alkyl halides is 2. The second-order valence-electron chi connectivity index (χ2n) is 4.06. The van der Waals surface area contributed by atoms with E-state index in [0.29, 0.717) is 0 Å². The van der Waals surface area contributed by atoms with Crippen LogP contribution in [-0.4, -0.2) is 74.8 Å². The molecule has 2 aliphatic rings. The zero-order chi connectivity index (χ0) is 11.4. The molecule has 2 aliphatic heterocycles. The van der Waals surface area contributed by atoms with E-state index in [1.165, 1.54) is 0 Å². The van der Waals surface area contributed by atoms with Crippen molar-refractivity contribution < 1.29 is 29.2 Å². The van der Waals surface area contributed by atoms with Gasteiger partial charge in [0.25, 0.3) is 5.92 Å². The van der Waals surface area contributed by atoms with Crippen molar-refractivity contribution in [1.29, 1.82) is 0 Å². The summed E-state index contributed by atoms with van der Waals surface area (Å²) in [5.41, 5.74) is 0. The molecular formula is C8H13F2NO4. The summed E-state index contributed by atoms with van der Waals surface area (Å²) in [5.74, 6) is -3.45. The molecule has 7 heteroatoms. The van der Waals surface area contributed by atoms with Gasteiger partial charge in [0, 0.05) is 6.54 Å². The summed E-state index contributed by atoms with van der Waals surface area (Å²) in [7, 11) is 0.